The highest BCUT2D eigenvalue weighted by Crippen LogP contribution is 2.44. The quantitative estimate of drug-likeness (QED) is 0.133. The van der Waals surface area contributed by atoms with E-state index in [-0.39, 0.29) is 0 Å². The molecule has 0 amide bonds. The van der Waals surface area contributed by atoms with Crippen LogP contribution in [0.2, 0.25) is 5.02 Å². The lowest BCUT2D eigenvalue weighted by Gasteiger charge is -2.26. The van der Waals surface area contributed by atoms with Crippen LogP contribution in [0.25, 0.3) is 154 Å². The number of oxazole rings is 2. The Bertz CT molecular complexity index is 6380. The average molecular weight is 1320 g/mol. The van der Waals surface area contributed by atoms with E-state index in [1.54, 1.807) is 0 Å². The van der Waals surface area contributed by atoms with Crippen LogP contribution < -0.4 is 4.90 Å². The molecule has 0 fully saturated rings. The summed E-state index contributed by atoms with van der Waals surface area (Å²) < 4.78 is 25.1. The van der Waals surface area contributed by atoms with Crippen molar-refractivity contribution in [2.75, 3.05) is 4.90 Å². The third-order valence-electron chi connectivity index (χ3n) is 18.7. The SMILES string of the molecule is CC.Clc1ccc2ccc3ccc4nc(-c5ccccc5)oc4c3c2c1.c1ccc(-c2ccc(Cc3ccc4c(c3)oc3ccccc34)cc2)cc1.c1ccc(-c2ccc(N(c3ccc4c(c3)oc3ccccc34)c3ccc4ccc5ccc6nc(-c7ccccc7)oc6c5c4c3)cc2)cc1. The molecule has 0 aliphatic heterocycles. The summed E-state index contributed by atoms with van der Waals surface area (Å²) in [7, 11) is 0. The van der Waals surface area contributed by atoms with Crippen molar-refractivity contribution in [1.29, 1.82) is 0 Å². The smallest absolute Gasteiger partial charge is 0.227 e. The standard InChI is InChI=1S/C45H28N2O2.C25H18O.C21H12ClNO.C2H6/c1-3-9-29(10-4-1)30-17-21-34(22-18-30)47(36-24-25-38-37-13-7-8-14-41(37)48-42(38)28-36)35-23-19-31-15-16-32-20-26-40-44(43(32)39(31)27-35)49-45(46-40)33-11-5-2-6-12-33;1-2-6-20(7-3-1)21-13-10-18(11-14-21)16-19-12-15-23-22-8-4-5-9-24(22)26-25(23)17-19;22-16-10-8-13-6-7-14-9-11-18-20(19(14)17(13)12-16)24-21(23-18)15-4-2-1-3-5-15;1-2/h1-28H;1-15,17H,16H2;1-12H;1-2H3. The van der Waals surface area contributed by atoms with E-state index >= 15 is 0 Å². The molecule has 0 aliphatic carbocycles. The van der Waals surface area contributed by atoms with Crippen molar-refractivity contribution in [1.82, 2.24) is 9.97 Å². The second-order valence-electron chi connectivity index (χ2n) is 24.9. The fourth-order valence-electron chi connectivity index (χ4n) is 13.8. The number of aromatic nitrogens is 2. The number of nitrogens with zero attached hydrogens (tertiary/aromatic N) is 3. The summed E-state index contributed by atoms with van der Waals surface area (Å²) in [4.78, 5) is 11.8. The summed E-state index contributed by atoms with van der Waals surface area (Å²) in [6.45, 7) is 4.00. The largest absolute Gasteiger partial charge is 0.456 e. The molecule has 0 N–H and O–H groups in total. The highest BCUT2D eigenvalue weighted by Gasteiger charge is 2.20. The minimum atomic E-state index is 0.621. The molecule has 0 atom stereocenters. The summed E-state index contributed by atoms with van der Waals surface area (Å²) in [5, 5.41) is 14.1. The van der Waals surface area contributed by atoms with Crippen molar-refractivity contribution in [3.63, 3.8) is 0 Å². The van der Waals surface area contributed by atoms with Gasteiger partial charge in [0.15, 0.2) is 11.2 Å². The molecule has 0 saturated heterocycles. The van der Waals surface area contributed by atoms with Crippen LogP contribution >= 0.6 is 11.6 Å². The van der Waals surface area contributed by atoms with E-state index < -0.39 is 0 Å². The fraction of sp³-hybridized carbons (Fsp3) is 0.0323. The third kappa shape index (κ3) is 12.0. The normalized spacial score (nSPS) is 11.4. The third-order valence-corrected chi connectivity index (χ3v) is 19.0. The second kappa shape index (κ2) is 26.9. The van der Waals surface area contributed by atoms with Gasteiger partial charge in [-0.3, -0.25) is 0 Å². The van der Waals surface area contributed by atoms with Crippen LogP contribution in [0.1, 0.15) is 25.0 Å². The first-order valence-electron chi connectivity index (χ1n) is 34.1. The summed E-state index contributed by atoms with van der Waals surface area (Å²) in [5.41, 5.74) is 19.4. The number of benzene rings is 16. The van der Waals surface area contributed by atoms with Crippen LogP contribution in [0, 0.1) is 0 Å². The molecule has 20 aromatic rings. The Balaban J connectivity index is 0.000000123. The highest BCUT2D eigenvalue weighted by molar-refractivity contribution is 6.32. The Labute approximate surface area is 588 Å². The van der Waals surface area contributed by atoms with Crippen LogP contribution in [0.5, 0.6) is 0 Å². The highest BCUT2D eigenvalue weighted by atomic mass is 35.5. The van der Waals surface area contributed by atoms with Gasteiger partial charge in [-0.05, 0) is 175 Å². The molecule has 482 valence electrons. The Kier molecular flexibility index (Phi) is 16.4. The van der Waals surface area contributed by atoms with E-state index in [9.17, 15) is 0 Å². The van der Waals surface area contributed by atoms with E-state index in [4.69, 9.17) is 34.3 Å². The molecule has 0 bridgehead atoms. The van der Waals surface area contributed by atoms with Gasteiger partial charge in [0.1, 0.15) is 33.4 Å². The maximum absolute atomic E-state index is 6.54. The molecule has 0 aliphatic rings. The molecule has 7 nitrogen and oxygen atoms in total. The van der Waals surface area contributed by atoms with E-state index in [0.29, 0.717) is 11.8 Å². The Morgan fingerprint density at radius 2 is 0.653 bits per heavy atom. The molecule has 4 aromatic heterocycles. The first kappa shape index (κ1) is 61.8. The van der Waals surface area contributed by atoms with Crippen LogP contribution in [0.3, 0.4) is 0 Å². The maximum atomic E-state index is 6.54. The van der Waals surface area contributed by atoms with E-state index in [1.165, 1.54) is 44.2 Å². The molecule has 101 heavy (non-hydrogen) atoms. The van der Waals surface area contributed by atoms with Crippen LogP contribution in [-0.4, -0.2) is 9.97 Å². The molecule has 0 spiro atoms. The summed E-state index contributed by atoms with van der Waals surface area (Å²) in [5.74, 6) is 1.26. The number of para-hydroxylation sites is 2. The van der Waals surface area contributed by atoms with Gasteiger partial charge in [0.05, 0.1) is 0 Å². The monoisotopic (exact) mass is 1320 g/mol. The molecule has 16 aromatic carbocycles. The zero-order valence-electron chi connectivity index (χ0n) is 55.4. The van der Waals surface area contributed by atoms with Gasteiger partial charge in [0, 0.05) is 71.6 Å². The van der Waals surface area contributed by atoms with Crippen molar-refractivity contribution in [2.45, 2.75) is 20.3 Å². The summed E-state index contributed by atoms with van der Waals surface area (Å²) >= 11 is 6.23. The van der Waals surface area contributed by atoms with Gasteiger partial charge in [-0.25, -0.2) is 9.97 Å². The molecule has 4 heterocycles. The van der Waals surface area contributed by atoms with Gasteiger partial charge in [-0.2, -0.15) is 0 Å². The van der Waals surface area contributed by atoms with Gasteiger partial charge in [-0.15, -0.1) is 0 Å². The molecule has 0 radical (unpaired) electrons. The van der Waals surface area contributed by atoms with Gasteiger partial charge in [0.25, 0.3) is 0 Å². The van der Waals surface area contributed by atoms with Gasteiger partial charge < -0.3 is 22.6 Å². The van der Waals surface area contributed by atoms with E-state index in [1.807, 2.05) is 141 Å². The minimum Gasteiger partial charge on any atom is -0.456 e. The molecule has 20 rings (SSSR count). The van der Waals surface area contributed by atoms with Crippen molar-refractivity contribution in [3.8, 4) is 45.2 Å². The van der Waals surface area contributed by atoms with Crippen molar-refractivity contribution < 1.29 is 17.7 Å². The number of hydrogen-bond donors (Lipinski definition) is 0. The number of fused-ring (bicyclic) bond motifs is 16. The lowest BCUT2D eigenvalue weighted by atomic mass is 9.99. The summed E-state index contributed by atoms with van der Waals surface area (Å²) in [6, 6.07) is 117. The first-order valence-corrected chi connectivity index (χ1v) is 34.5. The van der Waals surface area contributed by atoms with Gasteiger partial charge in [0.2, 0.25) is 11.8 Å². The average Bonchev–Trinajstić information content (AvgIpc) is 1.74. The lowest BCUT2D eigenvalue weighted by Crippen LogP contribution is -2.09. The lowest BCUT2D eigenvalue weighted by molar-refractivity contribution is 0.623. The molecule has 0 saturated carbocycles. The maximum Gasteiger partial charge on any atom is 0.227 e. The molecule has 0 unspecified atom stereocenters. The predicted molar refractivity (Wildman–Crippen MR) is 421 cm³/mol. The van der Waals surface area contributed by atoms with Crippen LogP contribution in [0.15, 0.2) is 357 Å². The number of hydrogen-bond acceptors (Lipinski definition) is 7. The number of furan rings is 2. The van der Waals surface area contributed by atoms with Crippen LogP contribution in [0.4, 0.5) is 17.1 Å². The Morgan fingerprint density at radius 3 is 1.20 bits per heavy atom. The molecular formula is C93H64ClN3O4. The first-order chi connectivity index (χ1) is 49.9. The topological polar surface area (TPSA) is 81.6 Å². The van der Waals surface area contributed by atoms with Gasteiger partial charge >= 0.3 is 0 Å². The number of halogens is 1. The Morgan fingerprint density at radius 1 is 0.277 bits per heavy atom. The van der Waals surface area contributed by atoms with Crippen molar-refractivity contribution in [2.24, 2.45) is 0 Å². The zero-order valence-corrected chi connectivity index (χ0v) is 56.1. The minimum absolute atomic E-state index is 0.621. The van der Waals surface area contributed by atoms with E-state index in [0.717, 1.165) is 138 Å². The predicted octanol–water partition coefficient (Wildman–Crippen LogP) is 27.2. The Hall–Kier alpha value is -12.8. The zero-order chi connectivity index (χ0) is 67.8. The molecule has 8 heteroatoms. The number of anilines is 3. The van der Waals surface area contributed by atoms with Crippen molar-refractivity contribution in [3.05, 3.63) is 356 Å². The number of rotatable bonds is 9. The van der Waals surface area contributed by atoms with E-state index in [2.05, 4.69) is 222 Å². The fourth-order valence-corrected chi connectivity index (χ4v) is 14.0. The van der Waals surface area contributed by atoms with Crippen molar-refractivity contribution >= 4 is 138 Å². The summed E-state index contributed by atoms with van der Waals surface area (Å²) in [6.07, 6.45) is 0.905. The second-order valence-corrected chi connectivity index (χ2v) is 25.3. The molecular weight excluding hydrogens is 1260 g/mol. The van der Waals surface area contributed by atoms with Gasteiger partial charge in [-0.1, -0.05) is 256 Å². The van der Waals surface area contributed by atoms with Crippen LogP contribution in [-0.2, 0) is 6.42 Å².